The van der Waals surface area contributed by atoms with Gasteiger partial charge in [-0.25, -0.2) is 9.78 Å². The first kappa shape index (κ1) is 18.9. The van der Waals surface area contributed by atoms with Crippen molar-refractivity contribution in [3.8, 4) is 0 Å². The lowest BCUT2D eigenvalue weighted by Crippen LogP contribution is -2.27. The summed E-state index contributed by atoms with van der Waals surface area (Å²) >= 11 is 7.47. The van der Waals surface area contributed by atoms with E-state index in [1.807, 2.05) is 0 Å². The van der Waals surface area contributed by atoms with Crippen molar-refractivity contribution in [3.05, 3.63) is 47.0 Å². The van der Waals surface area contributed by atoms with Gasteiger partial charge in [-0.15, -0.1) is 11.8 Å². The van der Waals surface area contributed by atoms with Crippen molar-refractivity contribution in [2.24, 2.45) is 0 Å². The number of nitrogens with zero attached hydrogens (tertiary/aromatic N) is 4. The number of rotatable bonds is 5. The quantitative estimate of drug-likeness (QED) is 0.454. The molecule has 3 aromatic rings. The van der Waals surface area contributed by atoms with E-state index in [0.717, 1.165) is 5.56 Å². The number of carboxylic acid groups (broad SMARTS) is 1. The number of hydrogen-bond acceptors (Lipinski definition) is 8. The number of nitrogens with one attached hydrogen (secondary N) is 1. The normalized spacial score (nSPS) is 21.9. The number of aromatic carboxylic acids is 1. The summed E-state index contributed by atoms with van der Waals surface area (Å²) in [5, 5.41) is 31.8. The van der Waals surface area contributed by atoms with Crippen molar-refractivity contribution in [2.45, 2.75) is 24.1 Å². The number of fused-ring (bicyclic) bond motifs is 1. The molecule has 28 heavy (non-hydrogen) atoms. The van der Waals surface area contributed by atoms with Crippen molar-refractivity contribution < 1.29 is 20.1 Å². The molecular weight excluding hydrogens is 406 g/mol. The van der Waals surface area contributed by atoms with Crippen LogP contribution in [0.15, 0.2) is 30.6 Å². The number of aliphatic hydroxyl groups is 2. The van der Waals surface area contributed by atoms with Crippen LogP contribution < -0.4 is 5.32 Å². The lowest BCUT2D eigenvalue weighted by Gasteiger charge is -2.17. The molecule has 9 nitrogen and oxygen atoms in total. The van der Waals surface area contributed by atoms with E-state index in [1.165, 1.54) is 24.2 Å². The number of carbonyl (C=O) groups is 1. The van der Waals surface area contributed by atoms with E-state index < -0.39 is 23.6 Å². The first-order valence-corrected chi connectivity index (χ1v) is 9.80. The molecule has 3 atom stereocenters. The Kier molecular flexibility index (Phi) is 5.11. The fraction of sp³-hybridized carbons (Fsp3) is 0.294. The zero-order chi connectivity index (χ0) is 19.8. The molecule has 1 fully saturated rings. The topological polar surface area (TPSA) is 133 Å². The lowest BCUT2D eigenvalue weighted by atomic mass is 10.1. The highest BCUT2D eigenvalue weighted by Gasteiger charge is 2.36. The molecule has 1 aliphatic heterocycles. The van der Waals surface area contributed by atoms with Crippen LogP contribution in [0.2, 0.25) is 5.28 Å². The summed E-state index contributed by atoms with van der Waals surface area (Å²) in [4.78, 5) is 23.9. The van der Waals surface area contributed by atoms with Gasteiger partial charge in [0.25, 0.3) is 0 Å². The van der Waals surface area contributed by atoms with Gasteiger partial charge in [0.1, 0.15) is 11.5 Å². The molecule has 1 unspecified atom stereocenters. The molecule has 11 heteroatoms. The Bertz CT molecular complexity index is 1050. The van der Waals surface area contributed by atoms with E-state index in [2.05, 4.69) is 20.3 Å². The third-order valence-corrected chi connectivity index (χ3v) is 5.98. The Hall–Kier alpha value is -2.40. The average Bonchev–Trinajstić information content (AvgIpc) is 3.23. The number of aromatic nitrogens is 4. The second-order valence-corrected chi connectivity index (χ2v) is 7.79. The molecule has 0 saturated carbocycles. The number of thioether (sulfide) groups is 1. The van der Waals surface area contributed by atoms with Gasteiger partial charge in [-0.05, 0) is 29.3 Å². The predicted octanol–water partition coefficient (Wildman–Crippen LogP) is 1.76. The Balaban J connectivity index is 1.63. The summed E-state index contributed by atoms with van der Waals surface area (Å²) < 4.78 is 1.67. The maximum Gasteiger partial charge on any atom is 0.335 e. The molecule has 0 amide bonds. The standard InChI is InChI=1S/C17H16ClN5O4S/c18-17-21-13(19-5-8-2-1-3-9(4-8)16(26)27)11-14(22-17)23(7-20-11)15-12(25)10(24)6-28-15/h1-4,7,10,12,15,24-25H,5-6H2,(H,26,27)(H,19,21,22)/t10?,12-,15+/m0/s1. The molecule has 1 aromatic carbocycles. The van der Waals surface area contributed by atoms with Gasteiger partial charge in [0.15, 0.2) is 17.0 Å². The van der Waals surface area contributed by atoms with Crippen LogP contribution >= 0.6 is 23.4 Å². The number of benzene rings is 1. The summed E-state index contributed by atoms with van der Waals surface area (Å²) in [7, 11) is 0. The van der Waals surface area contributed by atoms with Crippen molar-refractivity contribution >= 4 is 46.3 Å². The minimum absolute atomic E-state index is 0.00840. The summed E-state index contributed by atoms with van der Waals surface area (Å²) in [6, 6.07) is 6.56. The minimum atomic E-state index is -0.997. The molecule has 1 saturated heterocycles. The van der Waals surface area contributed by atoms with E-state index in [0.29, 0.717) is 29.3 Å². The Labute approximate surface area is 168 Å². The average molecular weight is 422 g/mol. The molecule has 0 spiro atoms. The third-order valence-electron chi connectivity index (χ3n) is 4.43. The molecule has 0 bridgehead atoms. The Morgan fingerprint density at radius 2 is 2.18 bits per heavy atom. The second-order valence-electron chi connectivity index (χ2n) is 6.31. The van der Waals surface area contributed by atoms with Crippen LogP contribution in [0.25, 0.3) is 11.2 Å². The number of carboxylic acids is 1. The van der Waals surface area contributed by atoms with Gasteiger partial charge in [-0.2, -0.15) is 9.97 Å². The molecule has 1 aliphatic rings. The SMILES string of the molecule is O=C(O)c1cccc(CNc2nc(Cl)nc3c2ncn3[C@@H]2SCC(O)[C@@H]2O)c1. The van der Waals surface area contributed by atoms with Crippen LogP contribution in [-0.2, 0) is 6.54 Å². The predicted molar refractivity (Wildman–Crippen MR) is 105 cm³/mol. The fourth-order valence-corrected chi connectivity index (χ4v) is 4.48. The Morgan fingerprint density at radius 1 is 1.36 bits per heavy atom. The highest BCUT2D eigenvalue weighted by atomic mass is 35.5. The smallest absolute Gasteiger partial charge is 0.335 e. The molecule has 0 radical (unpaired) electrons. The van der Waals surface area contributed by atoms with Crippen LogP contribution in [0.4, 0.5) is 5.82 Å². The summed E-state index contributed by atoms with van der Waals surface area (Å²) in [6.45, 7) is 0.315. The molecule has 146 valence electrons. The molecular formula is C17H16ClN5O4S. The molecule has 0 aliphatic carbocycles. The minimum Gasteiger partial charge on any atom is -0.478 e. The van der Waals surface area contributed by atoms with E-state index in [1.54, 1.807) is 22.8 Å². The van der Waals surface area contributed by atoms with Gasteiger partial charge in [0.05, 0.1) is 18.0 Å². The number of aliphatic hydroxyl groups excluding tert-OH is 2. The molecule has 2 aromatic heterocycles. The van der Waals surface area contributed by atoms with Gasteiger partial charge in [0, 0.05) is 12.3 Å². The molecule has 3 heterocycles. The van der Waals surface area contributed by atoms with Gasteiger partial charge in [-0.3, -0.25) is 4.57 Å². The van der Waals surface area contributed by atoms with Crippen LogP contribution in [0.5, 0.6) is 0 Å². The number of anilines is 1. The number of imidazole rings is 1. The third kappa shape index (κ3) is 3.51. The molecule has 4 N–H and O–H groups in total. The van der Waals surface area contributed by atoms with Crippen molar-refractivity contribution in [3.63, 3.8) is 0 Å². The van der Waals surface area contributed by atoms with Crippen LogP contribution in [0, 0.1) is 0 Å². The van der Waals surface area contributed by atoms with Gasteiger partial charge >= 0.3 is 5.97 Å². The molecule has 4 rings (SSSR count). The highest BCUT2D eigenvalue weighted by molar-refractivity contribution is 7.99. The number of hydrogen-bond donors (Lipinski definition) is 4. The maximum atomic E-state index is 11.1. The van der Waals surface area contributed by atoms with Crippen LogP contribution in [0.3, 0.4) is 0 Å². The van der Waals surface area contributed by atoms with Gasteiger partial charge < -0.3 is 20.6 Å². The zero-order valence-electron chi connectivity index (χ0n) is 14.4. The van der Waals surface area contributed by atoms with Gasteiger partial charge in [0.2, 0.25) is 5.28 Å². The zero-order valence-corrected chi connectivity index (χ0v) is 15.9. The number of halogens is 1. The van der Waals surface area contributed by atoms with Crippen molar-refractivity contribution in [2.75, 3.05) is 11.1 Å². The lowest BCUT2D eigenvalue weighted by molar-refractivity contribution is 0.0313. The van der Waals surface area contributed by atoms with E-state index >= 15 is 0 Å². The summed E-state index contributed by atoms with van der Waals surface area (Å²) in [5.74, 6) is -0.189. The summed E-state index contributed by atoms with van der Waals surface area (Å²) in [6.07, 6.45) is -0.222. The maximum absolute atomic E-state index is 11.1. The fourth-order valence-electron chi connectivity index (χ4n) is 3.03. The largest absolute Gasteiger partial charge is 0.478 e. The van der Waals surface area contributed by atoms with E-state index in [-0.39, 0.29) is 10.8 Å². The monoisotopic (exact) mass is 421 g/mol. The van der Waals surface area contributed by atoms with Crippen LogP contribution in [0.1, 0.15) is 21.3 Å². The summed E-state index contributed by atoms with van der Waals surface area (Å²) in [5.41, 5.74) is 1.85. The van der Waals surface area contributed by atoms with E-state index in [4.69, 9.17) is 16.7 Å². The highest BCUT2D eigenvalue weighted by Crippen LogP contribution is 2.38. The van der Waals surface area contributed by atoms with Crippen molar-refractivity contribution in [1.29, 1.82) is 0 Å². The van der Waals surface area contributed by atoms with Gasteiger partial charge in [-0.1, -0.05) is 12.1 Å². The van der Waals surface area contributed by atoms with Crippen LogP contribution in [-0.4, -0.2) is 58.8 Å². The second kappa shape index (κ2) is 7.55. The first-order valence-electron chi connectivity index (χ1n) is 8.38. The Morgan fingerprint density at radius 3 is 2.89 bits per heavy atom. The van der Waals surface area contributed by atoms with Crippen molar-refractivity contribution in [1.82, 2.24) is 19.5 Å². The first-order chi connectivity index (χ1) is 13.4. The van der Waals surface area contributed by atoms with E-state index in [9.17, 15) is 15.0 Å².